The van der Waals surface area contributed by atoms with Crippen molar-refractivity contribution in [2.75, 3.05) is 13.1 Å². The van der Waals surface area contributed by atoms with E-state index in [4.69, 9.17) is 5.26 Å². The van der Waals surface area contributed by atoms with Gasteiger partial charge in [-0.1, -0.05) is 44.2 Å². The zero-order valence-corrected chi connectivity index (χ0v) is 19.6. The Morgan fingerprint density at radius 3 is 2.53 bits per heavy atom. The smallest absolute Gasteiger partial charge is 0.261 e. The minimum Gasteiger partial charge on any atom is -0.388 e. The number of hydrogen-bond acceptors (Lipinski definition) is 5. The third-order valence-corrected chi connectivity index (χ3v) is 6.85. The van der Waals surface area contributed by atoms with E-state index in [1.54, 1.807) is 18.2 Å². The number of nitriles is 1. The van der Waals surface area contributed by atoms with Crippen LogP contribution in [0.3, 0.4) is 0 Å². The molecule has 0 radical (unpaired) electrons. The summed E-state index contributed by atoms with van der Waals surface area (Å²) in [5, 5.41) is 20.7. The van der Waals surface area contributed by atoms with Crippen molar-refractivity contribution >= 4 is 16.8 Å². The van der Waals surface area contributed by atoms with Gasteiger partial charge in [0.1, 0.15) is 0 Å². The number of hydrogen-bond donors (Lipinski definition) is 1. The van der Waals surface area contributed by atoms with Crippen molar-refractivity contribution in [2.45, 2.75) is 45.3 Å². The number of carbonyl (C=O) groups excluding carboxylic acids is 1. The second-order valence-corrected chi connectivity index (χ2v) is 9.61. The number of piperidine rings is 1. The molecule has 3 aromatic rings. The molecule has 0 saturated carbocycles. The molecule has 1 saturated heterocycles. The fraction of sp³-hybridized carbons (Fsp3) is 0.407. The maximum Gasteiger partial charge on any atom is 0.261 e. The van der Waals surface area contributed by atoms with Crippen LogP contribution in [-0.4, -0.2) is 44.2 Å². The molecule has 1 aromatic heterocycles. The third-order valence-electron chi connectivity index (χ3n) is 6.85. The lowest BCUT2D eigenvalue weighted by Gasteiger charge is -2.40. The van der Waals surface area contributed by atoms with Gasteiger partial charge in [-0.05, 0) is 48.9 Å². The molecule has 7 heteroatoms. The molecule has 1 atom stereocenters. The van der Waals surface area contributed by atoms with Crippen LogP contribution in [0, 0.1) is 23.2 Å². The van der Waals surface area contributed by atoms with Crippen LogP contribution in [0.25, 0.3) is 10.9 Å². The van der Waals surface area contributed by atoms with Gasteiger partial charge in [0.15, 0.2) is 0 Å². The summed E-state index contributed by atoms with van der Waals surface area (Å²) in [6, 6.07) is 16.9. The lowest BCUT2D eigenvalue weighted by atomic mass is 9.86. The fourth-order valence-corrected chi connectivity index (χ4v) is 4.67. The lowest BCUT2D eigenvalue weighted by Crippen LogP contribution is -2.51. The Balaban J connectivity index is 1.44. The van der Waals surface area contributed by atoms with Crippen molar-refractivity contribution in [3.63, 3.8) is 0 Å². The molecule has 1 N–H and O–H groups in total. The number of fused-ring (bicyclic) bond motifs is 1. The summed E-state index contributed by atoms with van der Waals surface area (Å²) in [7, 11) is 0. The van der Waals surface area contributed by atoms with Crippen molar-refractivity contribution in [1.29, 1.82) is 5.26 Å². The monoisotopic (exact) mass is 458 g/mol. The Bertz CT molecular complexity index is 1270. The van der Waals surface area contributed by atoms with Crippen LogP contribution in [0.5, 0.6) is 0 Å². The number of likely N-dealkylation sites (tertiary alicyclic amines) is 1. The normalized spacial score (nSPS) is 16.4. The SMILES string of the molecule is CC(C)C(Cc1ccccc1)C(=O)N1CCC(O)(Cn2cnc3cc(C#N)ccc3c2=O)CC1. The molecule has 0 aliphatic carbocycles. The number of nitrogens with zero attached hydrogens (tertiary/aromatic N) is 4. The Hall–Kier alpha value is -3.50. The summed E-state index contributed by atoms with van der Waals surface area (Å²) in [6.07, 6.45) is 2.92. The highest BCUT2D eigenvalue weighted by molar-refractivity contribution is 5.80. The zero-order chi connectivity index (χ0) is 24.3. The minimum atomic E-state index is -1.09. The molecule has 0 spiro atoms. The second kappa shape index (κ2) is 9.78. The summed E-state index contributed by atoms with van der Waals surface area (Å²) in [5.74, 6) is 0.218. The first kappa shape index (κ1) is 23.7. The minimum absolute atomic E-state index is 0.112. The van der Waals surface area contributed by atoms with Crippen LogP contribution in [-0.2, 0) is 17.8 Å². The molecule has 34 heavy (non-hydrogen) atoms. The zero-order valence-electron chi connectivity index (χ0n) is 19.6. The highest BCUT2D eigenvalue weighted by atomic mass is 16.3. The van der Waals surface area contributed by atoms with Gasteiger partial charge in [-0.2, -0.15) is 5.26 Å². The van der Waals surface area contributed by atoms with E-state index >= 15 is 0 Å². The number of aliphatic hydroxyl groups is 1. The van der Waals surface area contributed by atoms with Crippen molar-refractivity contribution in [2.24, 2.45) is 11.8 Å². The van der Waals surface area contributed by atoms with Gasteiger partial charge in [0, 0.05) is 19.0 Å². The Morgan fingerprint density at radius 1 is 1.18 bits per heavy atom. The molecule has 1 aliphatic heterocycles. The van der Waals surface area contributed by atoms with Crippen LogP contribution in [0.1, 0.15) is 37.8 Å². The van der Waals surface area contributed by atoms with E-state index in [1.165, 1.54) is 10.9 Å². The number of amides is 1. The molecule has 2 heterocycles. The maximum absolute atomic E-state index is 13.3. The molecule has 7 nitrogen and oxygen atoms in total. The van der Waals surface area contributed by atoms with Crippen LogP contribution in [0.4, 0.5) is 0 Å². The number of aromatic nitrogens is 2. The first-order valence-electron chi connectivity index (χ1n) is 11.7. The van der Waals surface area contributed by atoms with Crippen LogP contribution in [0.2, 0.25) is 0 Å². The van der Waals surface area contributed by atoms with Crippen LogP contribution >= 0.6 is 0 Å². The van der Waals surface area contributed by atoms with E-state index in [1.807, 2.05) is 41.3 Å². The average molecular weight is 459 g/mol. The highest BCUT2D eigenvalue weighted by Gasteiger charge is 2.37. The van der Waals surface area contributed by atoms with E-state index in [9.17, 15) is 14.7 Å². The van der Waals surface area contributed by atoms with E-state index in [-0.39, 0.29) is 29.8 Å². The van der Waals surface area contributed by atoms with Gasteiger partial charge in [0.2, 0.25) is 5.91 Å². The van der Waals surface area contributed by atoms with Gasteiger partial charge in [-0.15, -0.1) is 0 Å². The quantitative estimate of drug-likeness (QED) is 0.612. The third kappa shape index (κ3) is 5.02. The van der Waals surface area contributed by atoms with E-state index in [0.717, 1.165) is 5.56 Å². The molecule has 176 valence electrons. The largest absolute Gasteiger partial charge is 0.388 e. The molecule has 2 aromatic carbocycles. The van der Waals surface area contributed by atoms with Crippen LogP contribution < -0.4 is 5.56 Å². The molecular formula is C27H30N4O3. The first-order valence-corrected chi connectivity index (χ1v) is 11.7. The first-order chi connectivity index (χ1) is 16.3. The van der Waals surface area contributed by atoms with E-state index < -0.39 is 5.60 Å². The van der Waals surface area contributed by atoms with E-state index in [0.29, 0.717) is 48.8 Å². The average Bonchev–Trinajstić information content (AvgIpc) is 2.84. The molecule has 1 unspecified atom stereocenters. The van der Waals surface area contributed by atoms with Gasteiger partial charge in [-0.25, -0.2) is 4.98 Å². The summed E-state index contributed by atoms with van der Waals surface area (Å²) < 4.78 is 1.43. The van der Waals surface area contributed by atoms with Gasteiger partial charge >= 0.3 is 0 Å². The van der Waals surface area contributed by atoms with Crippen LogP contribution in [0.15, 0.2) is 59.7 Å². The fourth-order valence-electron chi connectivity index (χ4n) is 4.67. The predicted molar refractivity (Wildman–Crippen MR) is 130 cm³/mol. The summed E-state index contributed by atoms with van der Waals surface area (Å²) >= 11 is 0. The molecule has 0 bridgehead atoms. The summed E-state index contributed by atoms with van der Waals surface area (Å²) in [6.45, 7) is 5.17. The van der Waals surface area contributed by atoms with Gasteiger partial charge in [0.25, 0.3) is 5.56 Å². The van der Waals surface area contributed by atoms with Gasteiger partial charge in [-0.3, -0.25) is 14.2 Å². The second-order valence-electron chi connectivity index (χ2n) is 9.61. The Labute approximate surface area is 199 Å². The van der Waals surface area contributed by atoms with Crippen molar-refractivity contribution < 1.29 is 9.90 Å². The lowest BCUT2D eigenvalue weighted by molar-refractivity contribution is -0.141. The van der Waals surface area contributed by atoms with Crippen molar-refractivity contribution in [3.05, 3.63) is 76.3 Å². The van der Waals surface area contributed by atoms with Gasteiger partial charge in [0.05, 0.1) is 41.0 Å². The summed E-state index contributed by atoms with van der Waals surface area (Å²) in [5.41, 5.74) is 0.720. The van der Waals surface area contributed by atoms with Gasteiger partial charge < -0.3 is 10.0 Å². The van der Waals surface area contributed by atoms with Crippen molar-refractivity contribution in [1.82, 2.24) is 14.5 Å². The number of benzene rings is 2. The maximum atomic E-state index is 13.3. The molecule has 1 fully saturated rings. The highest BCUT2D eigenvalue weighted by Crippen LogP contribution is 2.27. The number of carbonyl (C=O) groups is 1. The Kier molecular flexibility index (Phi) is 6.80. The Morgan fingerprint density at radius 2 is 1.88 bits per heavy atom. The van der Waals surface area contributed by atoms with Crippen molar-refractivity contribution in [3.8, 4) is 6.07 Å². The molecule has 1 amide bonds. The standard InChI is InChI=1S/C27H30N4O3/c1-19(2)23(14-20-6-4-3-5-7-20)26(33)30-12-10-27(34,11-13-30)17-31-18-29-24-15-21(16-28)8-9-22(24)25(31)32/h3-9,15,18-19,23,34H,10-14,17H2,1-2H3. The number of rotatable bonds is 6. The topological polar surface area (TPSA) is 99.2 Å². The molecule has 4 rings (SSSR count). The summed E-state index contributed by atoms with van der Waals surface area (Å²) in [4.78, 5) is 32.4. The predicted octanol–water partition coefficient (Wildman–Crippen LogP) is 3.14. The van der Waals surface area contributed by atoms with E-state index in [2.05, 4.69) is 18.8 Å². The molecular weight excluding hydrogens is 428 g/mol. The molecule has 1 aliphatic rings.